The van der Waals surface area contributed by atoms with Crippen LogP contribution in [-0.2, 0) is 11.3 Å². The highest BCUT2D eigenvalue weighted by Gasteiger charge is 2.29. The summed E-state index contributed by atoms with van der Waals surface area (Å²) in [5, 5.41) is 0. The lowest BCUT2D eigenvalue weighted by Gasteiger charge is -2.28. The van der Waals surface area contributed by atoms with Gasteiger partial charge in [0.1, 0.15) is 12.4 Å². The van der Waals surface area contributed by atoms with Crippen LogP contribution in [-0.4, -0.2) is 30.6 Å². The van der Waals surface area contributed by atoms with Gasteiger partial charge in [0.05, 0.1) is 0 Å². The van der Waals surface area contributed by atoms with Gasteiger partial charge >= 0.3 is 0 Å². The fraction of sp³-hybridized carbons (Fsp3) is 0.235. The molecule has 114 valence electrons. The van der Waals surface area contributed by atoms with Crippen LogP contribution in [0.4, 0.5) is 4.39 Å². The molecule has 1 heterocycles. The van der Waals surface area contributed by atoms with E-state index in [9.17, 15) is 9.18 Å². The Labute approximate surface area is 128 Å². The van der Waals surface area contributed by atoms with E-state index in [1.165, 1.54) is 12.1 Å². The molecular formula is C17H16FNO3. The average Bonchev–Trinajstić information content (AvgIpc) is 2.55. The van der Waals surface area contributed by atoms with E-state index < -0.39 is 6.10 Å². The average molecular weight is 301 g/mol. The predicted molar refractivity (Wildman–Crippen MR) is 79.2 cm³/mol. The second kappa shape index (κ2) is 6.05. The van der Waals surface area contributed by atoms with Crippen LogP contribution in [0.2, 0.25) is 0 Å². The zero-order valence-corrected chi connectivity index (χ0v) is 12.2. The lowest BCUT2D eigenvalue weighted by atomic mass is 10.2. The van der Waals surface area contributed by atoms with E-state index in [1.54, 1.807) is 36.2 Å². The molecule has 0 N–H and O–H groups in total. The van der Waals surface area contributed by atoms with E-state index in [-0.39, 0.29) is 18.3 Å². The van der Waals surface area contributed by atoms with Gasteiger partial charge in [0.15, 0.2) is 11.5 Å². The molecule has 2 aromatic rings. The largest absolute Gasteiger partial charge is 0.485 e. The highest BCUT2D eigenvalue weighted by molar-refractivity contribution is 5.81. The second-order valence-electron chi connectivity index (χ2n) is 5.18. The van der Waals surface area contributed by atoms with Gasteiger partial charge in [-0.25, -0.2) is 4.39 Å². The van der Waals surface area contributed by atoms with Crippen LogP contribution < -0.4 is 9.47 Å². The molecule has 1 atom stereocenters. The van der Waals surface area contributed by atoms with Crippen molar-refractivity contribution in [3.63, 3.8) is 0 Å². The van der Waals surface area contributed by atoms with Gasteiger partial charge in [0.2, 0.25) is 6.10 Å². The van der Waals surface area contributed by atoms with Crippen molar-refractivity contribution in [2.24, 2.45) is 0 Å². The molecule has 4 nitrogen and oxygen atoms in total. The number of ether oxygens (including phenoxy) is 2. The molecule has 3 rings (SSSR count). The van der Waals surface area contributed by atoms with Crippen molar-refractivity contribution in [2.45, 2.75) is 12.6 Å². The van der Waals surface area contributed by atoms with Crippen molar-refractivity contribution in [2.75, 3.05) is 13.7 Å². The zero-order chi connectivity index (χ0) is 15.5. The van der Waals surface area contributed by atoms with Crippen LogP contribution in [0.1, 0.15) is 5.56 Å². The topological polar surface area (TPSA) is 38.8 Å². The number of carbonyl (C=O) groups excluding carboxylic acids is 1. The van der Waals surface area contributed by atoms with Gasteiger partial charge < -0.3 is 14.4 Å². The summed E-state index contributed by atoms with van der Waals surface area (Å²) in [7, 11) is 1.69. The minimum absolute atomic E-state index is 0.168. The molecule has 0 unspecified atom stereocenters. The van der Waals surface area contributed by atoms with E-state index in [0.717, 1.165) is 5.56 Å². The lowest BCUT2D eigenvalue weighted by Crippen LogP contribution is -2.44. The van der Waals surface area contributed by atoms with Gasteiger partial charge in [0, 0.05) is 13.6 Å². The highest BCUT2D eigenvalue weighted by atomic mass is 19.1. The molecule has 0 spiro atoms. The number of carbonyl (C=O) groups is 1. The zero-order valence-electron chi connectivity index (χ0n) is 12.2. The Balaban J connectivity index is 1.65. The number of fused-ring (bicyclic) bond motifs is 1. The van der Waals surface area contributed by atoms with E-state index in [2.05, 4.69) is 0 Å². The van der Waals surface area contributed by atoms with Crippen LogP contribution >= 0.6 is 0 Å². The molecule has 0 saturated carbocycles. The van der Waals surface area contributed by atoms with Crippen molar-refractivity contribution in [1.82, 2.24) is 4.90 Å². The molecule has 1 aliphatic rings. The summed E-state index contributed by atoms with van der Waals surface area (Å²) in [4.78, 5) is 14.0. The van der Waals surface area contributed by atoms with Crippen molar-refractivity contribution in [3.05, 3.63) is 59.9 Å². The minimum atomic E-state index is -0.666. The van der Waals surface area contributed by atoms with Gasteiger partial charge in [-0.05, 0) is 29.8 Å². The normalized spacial score (nSPS) is 16.2. The minimum Gasteiger partial charge on any atom is -0.485 e. The standard InChI is InChI=1S/C17H16FNO3/c1-19(10-12-6-8-13(18)9-7-12)17(20)16-11-21-14-4-2-3-5-15(14)22-16/h2-9,16H,10-11H2,1H3/t16-/m0/s1. The Kier molecular flexibility index (Phi) is 3.96. The molecule has 0 radical (unpaired) electrons. The second-order valence-corrected chi connectivity index (χ2v) is 5.18. The summed E-state index contributed by atoms with van der Waals surface area (Å²) < 4.78 is 24.1. The Hall–Kier alpha value is -2.56. The first-order valence-corrected chi connectivity index (χ1v) is 7.01. The number of benzene rings is 2. The van der Waals surface area contributed by atoms with Crippen molar-refractivity contribution >= 4 is 5.91 Å². The molecule has 0 aromatic heterocycles. The van der Waals surface area contributed by atoms with Crippen LogP contribution in [0.15, 0.2) is 48.5 Å². The van der Waals surface area contributed by atoms with E-state index >= 15 is 0 Å². The van der Waals surface area contributed by atoms with Crippen molar-refractivity contribution in [3.8, 4) is 11.5 Å². The molecule has 1 aliphatic heterocycles. The quantitative estimate of drug-likeness (QED) is 0.875. The number of rotatable bonds is 3. The molecule has 0 aliphatic carbocycles. The van der Waals surface area contributed by atoms with Crippen molar-refractivity contribution < 1.29 is 18.7 Å². The Bertz CT molecular complexity index is 672. The molecule has 2 aromatic carbocycles. The number of halogens is 1. The molecular weight excluding hydrogens is 285 g/mol. The summed E-state index contributed by atoms with van der Waals surface area (Å²) in [6, 6.07) is 13.3. The van der Waals surface area contributed by atoms with E-state index in [1.807, 2.05) is 12.1 Å². The number of likely N-dealkylation sites (N-methyl/N-ethyl adjacent to an activating group) is 1. The van der Waals surface area contributed by atoms with Crippen LogP contribution in [0.5, 0.6) is 11.5 Å². The molecule has 5 heteroatoms. The highest BCUT2D eigenvalue weighted by Crippen LogP contribution is 2.31. The Morgan fingerprint density at radius 1 is 1.18 bits per heavy atom. The Morgan fingerprint density at radius 3 is 2.59 bits per heavy atom. The molecule has 0 bridgehead atoms. The van der Waals surface area contributed by atoms with Crippen molar-refractivity contribution in [1.29, 1.82) is 0 Å². The fourth-order valence-electron chi connectivity index (χ4n) is 2.33. The first-order chi connectivity index (χ1) is 10.6. The first kappa shape index (κ1) is 14.4. The van der Waals surface area contributed by atoms with E-state index in [4.69, 9.17) is 9.47 Å². The third-order valence-electron chi connectivity index (χ3n) is 3.49. The van der Waals surface area contributed by atoms with Crippen LogP contribution in [0, 0.1) is 5.82 Å². The maximum Gasteiger partial charge on any atom is 0.267 e. The van der Waals surface area contributed by atoms with E-state index in [0.29, 0.717) is 18.0 Å². The monoisotopic (exact) mass is 301 g/mol. The summed E-state index contributed by atoms with van der Waals surface area (Å²) in [6.07, 6.45) is -0.666. The first-order valence-electron chi connectivity index (χ1n) is 7.01. The fourth-order valence-corrected chi connectivity index (χ4v) is 2.33. The molecule has 1 amide bonds. The summed E-state index contributed by atoms with van der Waals surface area (Å²) in [5.41, 5.74) is 0.856. The summed E-state index contributed by atoms with van der Waals surface area (Å²) in [5.74, 6) is 0.757. The number of hydrogen-bond donors (Lipinski definition) is 0. The van der Waals surface area contributed by atoms with Gasteiger partial charge in [-0.15, -0.1) is 0 Å². The smallest absolute Gasteiger partial charge is 0.267 e. The molecule has 22 heavy (non-hydrogen) atoms. The third-order valence-corrected chi connectivity index (χ3v) is 3.49. The van der Waals surface area contributed by atoms with Crippen LogP contribution in [0.25, 0.3) is 0 Å². The summed E-state index contributed by atoms with van der Waals surface area (Å²) in [6.45, 7) is 0.574. The Morgan fingerprint density at radius 2 is 1.86 bits per heavy atom. The third kappa shape index (κ3) is 3.03. The van der Waals surface area contributed by atoms with Crippen LogP contribution in [0.3, 0.4) is 0 Å². The predicted octanol–water partition coefficient (Wildman–Crippen LogP) is 2.62. The SMILES string of the molecule is CN(Cc1ccc(F)cc1)C(=O)[C@@H]1COc2ccccc2O1. The van der Waals surface area contributed by atoms with Gasteiger partial charge in [-0.3, -0.25) is 4.79 Å². The molecule has 0 saturated heterocycles. The molecule has 0 fully saturated rings. The maximum absolute atomic E-state index is 12.9. The van der Waals surface area contributed by atoms with Gasteiger partial charge in [-0.2, -0.15) is 0 Å². The number of hydrogen-bond acceptors (Lipinski definition) is 3. The lowest BCUT2D eigenvalue weighted by molar-refractivity contribution is -0.140. The summed E-state index contributed by atoms with van der Waals surface area (Å²) >= 11 is 0. The number of nitrogens with zero attached hydrogens (tertiary/aromatic N) is 1. The number of amides is 1. The van der Waals surface area contributed by atoms with Gasteiger partial charge in [-0.1, -0.05) is 24.3 Å². The number of para-hydroxylation sites is 2. The van der Waals surface area contributed by atoms with Gasteiger partial charge in [0.25, 0.3) is 5.91 Å². The maximum atomic E-state index is 12.9.